The first-order valence-corrected chi connectivity index (χ1v) is 7.54. The number of ether oxygens (including phenoxy) is 1. The highest BCUT2D eigenvalue weighted by Crippen LogP contribution is 2.29. The molecule has 106 valence electrons. The number of benzene rings is 1. The Kier molecular flexibility index (Phi) is 5.26. The summed E-state index contributed by atoms with van der Waals surface area (Å²) >= 11 is 0. The molecule has 19 heavy (non-hydrogen) atoms. The smallest absolute Gasteiger partial charge is 0.122 e. The predicted molar refractivity (Wildman–Crippen MR) is 80.7 cm³/mol. The van der Waals surface area contributed by atoms with E-state index in [1.54, 1.807) is 7.11 Å². The highest BCUT2D eigenvalue weighted by molar-refractivity contribution is 5.33. The lowest BCUT2D eigenvalue weighted by Gasteiger charge is -2.18. The van der Waals surface area contributed by atoms with Crippen molar-refractivity contribution in [1.29, 1.82) is 0 Å². The molecule has 3 unspecified atom stereocenters. The van der Waals surface area contributed by atoms with E-state index in [2.05, 4.69) is 31.3 Å². The Morgan fingerprint density at radius 1 is 1.32 bits per heavy atom. The summed E-state index contributed by atoms with van der Waals surface area (Å²) < 4.78 is 5.41. The summed E-state index contributed by atoms with van der Waals surface area (Å²) in [6.07, 6.45) is 5.24. The molecule has 3 atom stereocenters. The third kappa shape index (κ3) is 4.24. The zero-order valence-electron chi connectivity index (χ0n) is 12.5. The van der Waals surface area contributed by atoms with Gasteiger partial charge in [0, 0.05) is 6.04 Å². The molecule has 0 aliphatic heterocycles. The fourth-order valence-electron chi connectivity index (χ4n) is 3.15. The van der Waals surface area contributed by atoms with Crippen LogP contribution in [0.2, 0.25) is 0 Å². The average Bonchev–Trinajstić information content (AvgIpc) is 2.83. The van der Waals surface area contributed by atoms with Crippen LogP contribution in [0.25, 0.3) is 0 Å². The summed E-state index contributed by atoms with van der Waals surface area (Å²) in [6.45, 7) is 5.81. The van der Waals surface area contributed by atoms with Gasteiger partial charge in [0.15, 0.2) is 0 Å². The van der Waals surface area contributed by atoms with Gasteiger partial charge in [0.25, 0.3) is 0 Å². The van der Waals surface area contributed by atoms with E-state index in [4.69, 9.17) is 4.74 Å². The molecular weight excluding hydrogens is 234 g/mol. The third-order valence-corrected chi connectivity index (χ3v) is 4.28. The normalized spacial score (nSPS) is 24.4. The molecule has 1 aliphatic carbocycles. The van der Waals surface area contributed by atoms with E-state index in [0.717, 1.165) is 24.0 Å². The van der Waals surface area contributed by atoms with E-state index in [1.807, 2.05) is 12.1 Å². The highest BCUT2D eigenvalue weighted by atomic mass is 16.5. The van der Waals surface area contributed by atoms with Crippen LogP contribution < -0.4 is 10.1 Å². The molecule has 0 spiro atoms. The Labute approximate surface area is 117 Å². The van der Waals surface area contributed by atoms with Gasteiger partial charge in [-0.1, -0.05) is 31.5 Å². The first kappa shape index (κ1) is 14.4. The number of nitrogens with one attached hydrogen (secondary N) is 1. The molecule has 2 nitrogen and oxygen atoms in total. The van der Waals surface area contributed by atoms with Crippen molar-refractivity contribution in [3.63, 3.8) is 0 Å². The van der Waals surface area contributed by atoms with E-state index < -0.39 is 0 Å². The molecule has 0 radical (unpaired) electrons. The molecule has 0 aromatic heterocycles. The second-order valence-corrected chi connectivity index (χ2v) is 6.11. The van der Waals surface area contributed by atoms with Crippen LogP contribution in [-0.4, -0.2) is 19.7 Å². The van der Waals surface area contributed by atoms with E-state index in [1.165, 1.54) is 31.4 Å². The molecule has 1 saturated carbocycles. The molecule has 2 rings (SSSR count). The van der Waals surface area contributed by atoms with Crippen molar-refractivity contribution in [2.45, 2.75) is 45.6 Å². The van der Waals surface area contributed by atoms with E-state index >= 15 is 0 Å². The second-order valence-electron chi connectivity index (χ2n) is 6.11. The van der Waals surface area contributed by atoms with Gasteiger partial charge in [-0.05, 0) is 56.2 Å². The van der Waals surface area contributed by atoms with Crippen LogP contribution in [0.3, 0.4) is 0 Å². The van der Waals surface area contributed by atoms with Gasteiger partial charge in [-0.2, -0.15) is 0 Å². The van der Waals surface area contributed by atoms with Gasteiger partial charge in [-0.3, -0.25) is 0 Å². The van der Waals surface area contributed by atoms with Crippen LogP contribution >= 0.6 is 0 Å². The van der Waals surface area contributed by atoms with E-state index in [9.17, 15) is 0 Å². The van der Waals surface area contributed by atoms with Crippen molar-refractivity contribution in [2.24, 2.45) is 11.8 Å². The Morgan fingerprint density at radius 2 is 2.11 bits per heavy atom. The SMILES string of the molecule is COc1ccccc1CC(C)NCC1CCC(C)C1. The molecule has 1 fully saturated rings. The lowest BCUT2D eigenvalue weighted by molar-refractivity contribution is 0.400. The van der Waals surface area contributed by atoms with Gasteiger partial charge in [0.2, 0.25) is 0 Å². The summed E-state index contributed by atoms with van der Waals surface area (Å²) in [5, 5.41) is 3.69. The fraction of sp³-hybridized carbons (Fsp3) is 0.647. The second kappa shape index (κ2) is 6.95. The average molecular weight is 261 g/mol. The highest BCUT2D eigenvalue weighted by Gasteiger charge is 2.21. The van der Waals surface area contributed by atoms with Crippen LogP contribution in [0.15, 0.2) is 24.3 Å². The minimum Gasteiger partial charge on any atom is -0.496 e. The van der Waals surface area contributed by atoms with E-state index in [0.29, 0.717) is 6.04 Å². The maximum Gasteiger partial charge on any atom is 0.122 e. The molecule has 2 heteroatoms. The van der Waals surface area contributed by atoms with E-state index in [-0.39, 0.29) is 0 Å². The summed E-state index contributed by atoms with van der Waals surface area (Å²) in [6, 6.07) is 8.83. The molecule has 0 amide bonds. The largest absolute Gasteiger partial charge is 0.496 e. The van der Waals surface area contributed by atoms with Crippen molar-refractivity contribution in [3.8, 4) is 5.75 Å². The van der Waals surface area contributed by atoms with Crippen LogP contribution in [0, 0.1) is 11.8 Å². The quantitative estimate of drug-likeness (QED) is 0.844. The maximum atomic E-state index is 5.41. The zero-order chi connectivity index (χ0) is 13.7. The summed E-state index contributed by atoms with van der Waals surface area (Å²) in [5.74, 6) is 2.82. The number of rotatable bonds is 6. The number of hydrogen-bond acceptors (Lipinski definition) is 2. The van der Waals surface area contributed by atoms with Gasteiger partial charge < -0.3 is 10.1 Å². The monoisotopic (exact) mass is 261 g/mol. The Balaban J connectivity index is 1.79. The Bertz CT molecular complexity index is 391. The lowest BCUT2D eigenvalue weighted by atomic mass is 10.0. The minimum absolute atomic E-state index is 0.507. The minimum atomic E-state index is 0.507. The summed E-state index contributed by atoms with van der Waals surface area (Å²) in [4.78, 5) is 0. The first-order chi connectivity index (χ1) is 9.19. The van der Waals surface area contributed by atoms with Crippen LogP contribution in [0.1, 0.15) is 38.7 Å². The van der Waals surface area contributed by atoms with Crippen molar-refractivity contribution in [2.75, 3.05) is 13.7 Å². The van der Waals surface area contributed by atoms with Crippen LogP contribution in [-0.2, 0) is 6.42 Å². The van der Waals surface area contributed by atoms with Crippen molar-refractivity contribution in [3.05, 3.63) is 29.8 Å². The van der Waals surface area contributed by atoms with Gasteiger partial charge in [-0.25, -0.2) is 0 Å². The molecule has 0 bridgehead atoms. The first-order valence-electron chi connectivity index (χ1n) is 7.54. The van der Waals surface area contributed by atoms with Crippen molar-refractivity contribution in [1.82, 2.24) is 5.32 Å². The Hall–Kier alpha value is -1.02. The fourth-order valence-corrected chi connectivity index (χ4v) is 3.15. The van der Waals surface area contributed by atoms with Crippen molar-refractivity contribution < 1.29 is 4.74 Å². The molecule has 0 saturated heterocycles. The number of methoxy groups -OCH3 is 1. The molecule has 0 heterocycles. The topological polar surface area (TPSA) is 21.3 Å². The van der Waals surface area contributed by atoms with Crippen molar-refractivity contribution >= 4 is 0 Å². The molecule has 1 N–H and O–H groups in total. The zero-order valence-corrected chi connectivity index (χ0v) is 12.5. The van der Waals surface area contributed by atoms with Gasteiger partial charge in [0.1, 0.15) is 5.75 Å². The standard InChI is InChI=1S/C17H27NO/c1-13-8-9-15(10-13)12-18-14(2)11-16-6-4-5-7-17(16)19-3/h4-7,13-15,18H,8-12H2,1-3H3. The van der Waals surface area contributed by atoms with Crippen LogP contribution in [0.4, 0.5) is 0 Å². The molecule has 1 aromatic carbocycles. The van der Waals surface area contributed by atoms with Gasteiger partial charge in [0.05, 0.1) is 7.11 Å². The lowest BCUT2D eigenvalue weighted by Crippen LogP contribution is -2.32. The summed E-state index contributed by atoms with van der Waals surface area (Å²) in [5.41, 5.74) is 1.30. The number of hydrogen-bond donors (Lipinski definition) is 1. The van der Waals surface area contributed by atoms with Gasteiger partial charge in [-0.15, -0.1) is 0 Å². The maximum absolute atomic E-state index is 5.41. The van der Waals surface area contributed by atoms with Gasteiger partial charge >= 0.3 is 0 Å². The van der Waals surface area contributed by atoms with Crippen LogP contribution in [0.5, 0.6) is 5.75 Å². The predicted octanol–water partition coefficient (Wildman–Crippen LogP) is 3.65. The molecule has 1 aliphatic rings. The summed E-state index contributed by atoms with van der Waals surface area (Å²) in [7, 11) is 1.75. The third-order valence-electron chi connectivity index (χ3n) is 4.28. The number of para-hydroxylation sites is 1. The molecular formula is C17H27NO. The Morgan fingerprint density at radius 3 is 2.79 bits per heavy atom. The molecule has 1 aromatic rings.